The van der Waals surface area contributed by atoms with E-state index < -0.39 is 68.1 Å². The number of rotatable bonds is 20. The molecule has 468 valence electrons. The number of amides is 4. The van der Waals surface area contributed by atoms with E-state index in [0.717, 1.165) is 41.5 Å². The van der Waals surface area contributed by atoms with Crippen molar-refractivity contribution >= 4 is 94.3 Å². The molecule has 4 aromatic heterocycles. The van der Waals surface area contributed by atoms with Crippen LogP contribution in [0.4, 0.5) is 22.7 Å². The quantitative estimate of drug-likeness (QED) is 0.0377. The summed E-state index contributed by atoms with van der Waals surface area (Å²) in [5.74, 6) is -3.29. The number of carboxylic acids is 2. The number of benzene rings is 2. The van der Waals surface area contributed by atoms with E-state index in [1.807, 2.05) is 50.2 Å². The summed E-state index contributed by atoms with van der Waals surface area (Å²) >= 11 is 10.7. The summed E-state index contributed by atoms with van der Waals surface area (Å²) in [5, 5.41) is 50.4. The van der Waals surface area contributed by atoms with E-state index in [1.54, 1.807) is 12.1 Å². The van der Waals surface area contributed by atoms with Crippen molar-refractivity contribution in [2.24, 2.45) is 21.7 Å². The first kappa shape index (κ1) is 61.8. The minimum Gasteiger partial charge on any atom is -0.481 e. The zero-order valence-corrected chi connectivity index (χ0v) is 50.5. The van der Waals surface area contributed by atoms with Crippen molar-refractivity contribution in [3.05, 3.63) is 156 Å². The van der Waals surface area contributed by atoms with Gasteiger partial charge in [0.25, 0.3) is 56.9 Å². The molecule has 90 heavy (non-hydrogen) atoms. The van der Waals surface area contributed by atoms with E-state index >= 15 is 0 Å². The summed E-state index contributed by atoms with van der Waals surface area (Å²) in [6.45, 7) is 4.68. The molecule has 0 radical (unpaired) electrons. The van der Waals surface area contributed by atoms with E-state index in [1.165, 1.54) is 20.9 Å². The molecule has 28 nitrogen and oxygen atoms in total. The van der Waals surface area contributed by atoms with Crippen LogP contribution >= 0.6 is 24.4 Å². The number of hydrogen-bond acceptors (Lipinski definition) is 20. The molecule has 0 saturated heterocycles. The minimum atomic E-state index is -0.736. The van der Waals surface area contributed by atoms with Crippen molar-refractivity contribution in [2.45, 2.75) is 129 Å². The molecule has 14 rings (SSSR count). The number of aliphatic carboxylic acids is 2. The van der Waals surface area contributed by atoms with Gasteiger partial charge >= 0.3 is 11.9 Å². The van der Waals surface area contributed by atoms with Crippen molar-refractivity contribution in [3.8, 4) is 0 Å². The topological polar surface area (TPSA) is 427 Å². The fourth-order valence-corrected chi connectivity index (χ4v) is 13.9. The van der Waals surface area contributed by atoms with E-state index in [0.29, 0.717) is 57.8 Å². The van der Waals surface area contributed by atoms with Crippen LogP contribution in [0.25, 0.3) is 11.6 Å². The SMILES string of the molecule is CC(NC(=O)c1cc(C(=O)NCc2cccc(CNc3c(N)c(=O)c3=O)c2)n2c(=S)[nH]nc2n1)C12CCC(C(=O)O)(CC1)CC2.CC(NC(=O)c1cc(C(=O)NCc2cccc(CNc3c(N)c(=O)c3=O)c2)nc2n[nH]c(=S)n12)C12CCC(C(=O)O)(CC1)CC2. The first-order valence-corrected chi connectivity index (χ1v) is 30.1. The number of carbonyl (C=O) groups excluding carboxylic acids is 4. The molecule has 0 spiro atoms. The van der Waals surface area contributed by atoms with Gasteiger partial charge in [0, 0.05) is 38.3 Å². The van der Waals surface area contributed by atoms with Crippen LogP contribution in [0, 0.1) is 31.2 Å². The van der Waals surface area contributed by atoms with Crippen molar-refractivity contribution < 1.29 is 39.0 Å². The Morgan fingerprint density at radius 3 is 1.27 bits per heavy atom. The molecule has 4 aromatic carbocycles. The highest BCUT2D eigenvalue weighted by Crippen LogP contribution is 2.59. The molecule has 6 saturated carbocycles. The molecule has 4 amide bonds. The molecule has 4 bridgehead atoms. The highest BCUT2D eigenvalue weighted by molar-refractivity contribution is 7.71. The Hall–Kier alpha value is -9.84. The molecule has 6 fully saturated rings. The lowest BCUT2D eigenvalue weighted by Crippen LogP contribution is -2.54. The third-order valence-electron chi connectivity index (χ3n) is 19.5. The highest BCUT2D eigenvalue weighted by atomic mass is 32.1. The highest BCUT2D eigenvalue weighted by Gasteiger charge is 2.56. The smallest absolute Gasteiger partial charge is 0.309 e. The molecular weight excluding hydrogens is 1200 g/mol. The molecule has 2 unspecified atom stereocenters. The normalized spacial score (nSPS) is 21.4. The fraction of sp³-hybridized carbons (Fsp3) is 0.400. The Morgan fingerprint density at radius 2 is 0.878 bits per heavy atom. The number of hydrogen-bond donors (Lipinski definition) is 12. The second kappa shape index (κ2) is 23.9. The number of anilines is 4. The van der Waals surface area contributed by atoms with Crippen LogP contribution in [0.3, 0.4) is 0 Å². The van der Waals surface area contributed by atoms with Crippen LogP contribution in [0.15, 0.2) is 79.8 Å². The molecule has 30 heteroatoms. The lowest BCUT2D eigenvalue weighted by molar-refractivity contribution is -0.160. The Balaban J connectivity index is 0.000000185. The van der Waals surface area contributed by atoms with Gasteiger partial charge in [-0.25, -0.2) is 29.0 Å². The summed E-state index contributed by atoms with van der Waals surface area (Å²) in [6.07, 6.45) is 7.85. The number of aromatic nitrogens is 8. The fourth-order valence-electron chi connectivity index (χ4n) is 13.4. The Kier molecular flexibility index (Phi) is 16.4. The van der Waals surface area contributed by atoms with Crippen molar-refractivity contribution in [3.63, 3.8) is 0 Å². The van der Waals surface area contributed by atoms with Gasteiger partial charge < -0.3 is 53.6 Å². The van der Waals surface area contributed by atoms with Crippen LogP contribution in [0.1, 0.15) is 155 Å². The van der Waals surface area contributed by atoms with Crippen molar-refractivity contribution in [1.29, 1.82) is 0 Å². The van der Waals surface area contributed by atoms with Crippen molar-refractivity contribution in [2.75, 3.05) is 22.1 Å². The summed E-state index contributed by atoms with van der Waals surface area (Å²) in [6, 6.07) is 16.8. The van der Waals surface area contributed by atoms with Gasteiger partial charge in [-0.1, -0.05) is 48.5 Å². The monoisotopic (exact) mass is 1260 g/mol. The van der Waals surface area contributed by atoms with Crippen LogP contribution in [-0.4, -0.2) is 97.0 Å². The Labute approximate surface area is 520 Å². The van der Waals surface area contributed by atoms with Crippen LogP contribution < -0.4 is 65.1 Å². The van der Waals surface area contributed by atoms with Gasteiger partial charge in [0.15, 0.2) is 0 Å². The molecule has 0 aliphatic heterocycles. The Bertz CT molecular complexity index is 4500. The van der Waals surface area contributed by atoms with Crippen LogP contribution in [0.5, 0.6) is 0 Å². The van der Waals surface area contributed by atoms with E-state index in [-0.39, 0.29) is 116 Å². The molecule has 14 N–H and O–H groups in total. The summed E-state index contributed by atoms with van der Waals surface area (Å²) in [5.41, 5.74) is 10.1. The number of carboxylic acid groups (broad SMARTS) is 2. The molecule has 6 aliphatic rings. The average molecular weight is 1270 g/mol. The maximum Gasteiger partial charge on any atom is 0.309 e. The van der Waals surface area contributed by atoms with Gasteiger partial charge in [0.2, 0.25) is 9.54 Å². The number of fused-ring (bicyclic) bond motifs is 8. The second-order valence-electron chi connectivity index (χ2n) is 24.3. The van der Waals surface area contributed by atoms with E-state index in [4.69, 9.17) is 35.9 Å². The van der Waals surface area contributed by atoms with Gasteiger partial charge in [-0.3, -0.25) is 47.9 Å². The van der Waals surface area contributed by atoms with E-state index in [2.05, 4.69) is 62.3 Å². The zero-order chi connectivity index (χ0) is 64.2. The number of carbonyl (C=O) groups is 6. The largest absolute Gasteiger partial charge is 0.481 e. The van der Waals surface area contributed by atoms with Gasteiger partial charge in [-0.05, 0) is 161 Å². The predicted octanol–water partition coefficient (Wildman–Crippen LogP) is 4.10. The van der Waals surface area contributed by atoms with Gasteiger partial charge in [0.05, 0.1) is 10.8 Å². The van der Waals surface area contributed by atoms with E-state index in [9.17, 15) is 58.2 Å². The van der Waals surface area contributed by atoms with Crippen molar-refractivity contribution in [1.82, 2.24) is 60.4 Å². The molecule has 4 heterocycles. The van der Waals surface area contributed by atoms with Crippen LogP contribution in [-0.2, 0) is 35.8 Å². The number of nitrogens with two attached hydrogens (primary N) is 2. The second-order valence-corrected chi connectivity index (χ2v) is 25.0. The number of nitrogen functional groups attached to an aromatic ring is 2. The zero-order valence-electron chi connectivity index (χ0n) is 48.9. The lowest BCUT2D eigenvalue weighted by Gasteiger charge is -2.54. The predicted molar refractivity (Wildman–Crippen MR) is 332 cm³/mol. The summed E-state index contributed by atoms with van der Waals surface area (Å²) in [7, 11) is 0. The maximum absolute atomic E-state index is 13.7. The first-order valence-electron chi connectivity index (χ1n) is 29.3. The number of nitrogens with one attached hydrogen (secondary N) is 8. The van der Waals surface area contributed by atoms with Gasteiger partial charge in [-0.15, -0.1) is 10.2 Å². The Morgan fingerprint density at radius 1 is 0.522 bits per heavy atom. The van der Waals surface area contributed by atoms with Crippen LogP contribution in [0.2, 0.25) is 0 Å². The molecule has 6 aliphatic carbocycles. The number of H-pyrrole nitrogens is 2. The molecular formula is C60H64N16O12S2. The summed E-state index contributed by atoms with van der Waals surface area (Å²) < 4.78 is 3.02. The molecule has 2 atom stereocenters. The van der Waals surface area contributed by atoms with Gasteiger partial charge in [0.1, 0.15) is 45.5 Å². The lowest BCUT2D eigenvalue weighted by atomic mass is 9.52. The molecule has 8 aromatic rings. The number of nitrogens with zero attached hydrogens (tertiary/aromatic N) is 6. The third kappa shape index (κ3) is 11.4. The standard InChI is InChI=1S/2C30H32N8O6S/c1-15(29-5-8-30(9-6-29,10-7-29)26(43)44)34-24(41)18-12-19(38-27(35-18)36-37-28(38)45)25(42)33-14-17-4-2-3-16(11-17)13-32-21-20(31)22(39)23(21)40;1-15(29-5-8-30(9-6-29,10-7-29)26(43)44)34-25(42)19-12-18(35-27-36-37-28(45)38(19)27)24(41)33-14-17-4-2-3-16(11-17)13-32-21-20(31)22(39)23(21)40/h2-4,11-12,15,32H,5-10,13-14,31H2,1H3,(H,33,42)(H,34,41)(H,37,45)(H,43,44);2-4,11-12,15,32H,5-10,13-14,31H2,1H3,(H,33,41)(H,34,42)(H,37,45)(H,43,44). The first-order chi connectivity index (χ1) is 42.9. The maximum atomic E-state index is 13.7. The third-order valence-corrected chi connectivity index (χ3v) is 20.0. The number of aromatic amines is 2. The minimum absolute atomic E-state index is 0.00192. The average Bonchev–Trinajstić information content (AvgIpc) is 0.936. The summed E-state index contributed by atoms with van der Waals surface area (Å²) in [4.78, 5) is 132. The van der Waals surface area contributed by atoms with Gasteiger partial charge in [-0.2, -0.15) is 0 Å².